The fourth-order valence-electron chi connectivity index (χ4n) is 2.56. The van der Waals surface area contributed by atoms with E-state index in [4.69, 9.17) is 11.6 Å². The van der Waals surface area contributed by atoms with Crippen LogP contribution in [0.1, 0.15) is 39.2 Å². The average molecular weight is 272 g/mol. The van der Waals surface area contributed by atoms with E-state index in [0.29, 0.717) is 12.3 Å². The Bertz CT molecular complexity index is 429. The fourth-order valence-corrected chi connectivity index (χ4v) is 3.59. The molecule has 2 unspecified atom stereocenters. The summed E-state index contributed by atoms with van der Waals surface area (Å²) in [5, 5.41) is 5.19. The van der Waals surface area contributed by atoms with Crippen molar-refractivity contribution in [3.63, 3.8) is 0 Å². The lowest BCUT2D eigenvalue weighted by Gasteiger charge is -2.30. The molecule has 0 spiro atoms. The van der Waals surface area contributed by atoms with E-state index in [1.807, 2.05) is 6.07 Å². The number of carbonyl (C=O) groups excluding carboxylic acids is 1. The summed E-state index contributed by atoms with van der Waals surface area (Å²) in [6, 6.07) is 2.22. The highest BCUT2D eigenvalue weighted by Crippen LogP contribution is 2.40. The number of hydrogen-bond acceptors (Lipinski definition) is 2. The van der Waals surface area contributed by atoms with Crippen LogP contribution >= 0.6 is 22.9 Å². The van der Waals surface area contributed by atoms with Gasteiger partial charge in [0.15, 0.2) is 0 Å². The van der Waals surface area contributed by atoms with Crippen molar-refractivity contribution in [2.75, 3.05) is 0 Å². The Kier molecular flexibility index (Phi) is 3.50. The van der Waals surface area contributed by atoms with Gasteiger partial charge in [0.1, 0.15) is 0 Å². The van der Waals surface area contributed by atoms with Crippen LogP contribution in [0.25, 0.3) is 0 Å². The molecule has 4 heteroatoms. The minimum absolute atomic E-state index is 0.106. The summed E-state index contributed by atoms with van der Waals surface area (Å²) < 4.78 is 0.795. The predicted molar refractivity (Wildman–Crippen MR) is 72.7 cm³/mol. The first-order chi connectivity index (χ1) is 7.91. The maximum absolute atomic E-state index is 11.7. The predicted octanol–water partition coefficient (Wildman–Crippen LogP) is 3.59. The topological polar surface area (TPSA) is 29.1 Å². The molecule has 1 N–H and O–H groups in total. The van der Waals surface area contributed by atoms with Crippen LogP contribution in [0.4, 0.5) is 0 Å². The van der Waals surface area contributed by atoms with Crippen LogP contribution in [0, 0.1) is 5.92 Å². The first kappa shape index (κ1) is 12.9. The quantitative estimate of drug-likeness (QED) is 0.894. The first-order valence-corrected chi connectivity index (χ1v) is 7.21. The van der Waals surface area contributed by atoms with Gasteiger partial charge >= 0.3 is 0 Å². The second-order valence-electron chi connectivity index (χ2n) is 5.48. The van der Waals surface area contributed by atoms with Gasteiger partial charge in [0.05, 0.1) is 4.34 Å². The minimum atomic E-state index is -0.106. The molecule has 1 aromatic rings. The van der Waals surface area contributed by atoms with Crippen LogP contribution in [-0.4, -0.2) is 11.9 Å². The zero-order valence-corrected chi connectivity index (χ0v) is 12.0. The van der Waals surface area contributed by atoms with Gasteiger partial charge < -0.3 is 5.32 Å². The Balaban J connectivity index is 2.29. The summed E-state index contributed by atoms with van der Waals surface area (Å²) >= 11 is 7.54. The van der Waals surface area contributed by atoms with Crippen LogP contribution in [-0.2, 0) is 10.2 Å². The monoisotopic (exact) mass is 271 g/mol. The molecule has 2 heterocycles. The Morgan fingerprint density at radius 1 is 1.65 bits per heavy atom. The second kappa shape index (κ2) is 4.62. The fraction of sp³-hybridized carbons (Fsp3) is 0.615. The van der Waals surface area contributed by atoms with Gasteiger partial charge in [-0.05, 0) is 29.3 Å². The molecule has 0 aromatic carbocycles. The normalized spacial score (nSPS) is 28.8. The van der Waals surface area contributed by atoms with E-state index in [1.165, 1.54) is 16.9 Å². The number of halogens is 1. The molecular formula is C13H18ClNOS. The van der Waals surface area contributed by atoms with Crippen LogP contribution in [0.2, 0.25) is 4.34 Å². The lowest BCUT2D eigenvalue weighted by molar-refractivity contribution is -0.119. The van der Waals surface area contributed by atoms with Crippen molar-refractivity contribution in [1.29, 1.82) is 0 Å². The molecule has 1 fully saturated rings. The molecule has 1 saturated heterocycles. The van der Waals surface area contributed by atoms with Gasteiger partial charge in [-0.3, -0.25) is 4.79 Å². The number of amides is 1. The molecular weight excluding hydrogens is 254 g/mol. The van der Waals surface area contributed by atoms with Crippen LogP contribution in [0.5, 0.6) is 0 Å². The van der Waals surface area contributed by atoms with Gasteiger partial charge in [-0.1, -0.05) is 32.4 Å². The minimum Gasteiger partial charge on any atom is -0.352 e. The summed E-state index contributed by atoms with van der Waals surface area (Å²) in [7, 11) is 0. The zero-order valence-electron chi connectivity index (χ0n) is 10.4. The molecule has 2 rings (SSSR count). The van der Waals surface area contributed by atoms with E-state index >= 15 is 0 Å². The molecule has 17 heavy (non-hydrogen) atoms. The van der Waals surface area contributed by atoms with Crippen LogP contribution < -0.4 is 5.32 Å². The lowest BCUT2D eigenvalue weighted by Crippen LogP contribution is -2.39. The molecule has 94 valence electrons. The van der Waals surface area contributed by atoms with Crippen molar-refractivity contribution >= 4 is 28.8 Å². The van der Waals surface area contributed by atoms with E-state index in [1.54, 1.807) is 0 Å². The summed E-state index contributed by atoms with van der Waals surface area (Å²) in [6.45, 7) is 6.54. The summed E-state index contributed by atoms with van der Waals surface area (Å²) in [4.78, 5) is 11.7. The lowest BCUT2D eigenvalue weighted by atomic mass is 9.75. The van der Waals surface area contributed by atoms with E-state index in [9.17, 15) is 4.79 Å². The number of thiophene rings is 1. The molecule has 1 amide bonds. The van der Waals surface area contributed by atoms with Gasteiger partial charge in [0.25, 0.3) is 0 Å². The third-order valence-electron chi connectivity index (χ3n) is 3.57. The maximum atomic E-state index is 11.7. The third kappa shape index (κ3) is 2.50. The number of rotatable bonds is 3. The highest BCUT2D eigenvalue weighted by atomic mass is 35.5. The summed E-state index contributed by atoms with van der Waals surface area (Å²) in [5.74, 6) is 0.729. The Hall–Kier alpha value is -0.540. The van der Waals surface area contributed by atoms with E-state index < -0.39 is 0 Å². The van der Waals surface area contributed by atoms with Crippen LogP contribution in [0.15, 0.2) is 11.4 Å². The van der Waals surface area contributed by atoms with Crippen molar-refractivity contribution in [2.24, 2.45) is 5.92 Å². The highest BCUT2D eigenvalue weighted by Gasteiger charge is 2.44. The standard InChI is InChI=1S/C13H18ClNOS/c1-8(2)4-10-13(3,6-12(16)15-10)9-5-11(14)17-7-9/h5,7-8,10H,4,6H2,1-3H3,(H,15,16). The van der Waals surface area contributed by atoms with Gasteiger partial charge in [-0.25, -0.2) is 0 Å². The van der Waals surface area contributed by atoms with E-state index in [-0.39, 0.29) is 17.4 Å². The molecule has 1 aliphatic heterocycles. The number of nitrogens with one attached hydrogen (secondary N) is 1. The molecule has 2 nitrogen and oxygen atoms in total. The zero-order chi connectivity index (χ0) is 12.6. The Morgan fingerprint density at radius 2 is 2.35 bits per heavy atom. The van der Waals surface area contributed by atoms with E-state index in [0.717, 1.165) is 10.8 Å². The van der Waals surface area contributed by atoms with Gasteiger partial charge in [-0.2, -0.15) is 0 Å². The summed E-state index contributed by atoms with van der Waals surface area (Å²) in [6.07, 6.45) is 1.58. The second-order valence-corrected chi connectivity index (χ2v) is 7.03. The van der Waals surface area contributed by atoms with Gasteiger partial charge in [0, 0.05) is 17.9 Å². The van der Waals surface area contributed by atoms with E-state index in [2.05, 4.69) is 31.5 Å². The number of carbonyl (C=O) groups is 1. The molecule has 1 aromatic heterocycles. The molecule has 1 aliphatic rings. The van der Waals surface area contributed by atoms with Crippen molar-refractivity contribution < 1.29 is 4.79 Å². The molecule has 0 aliphatic carbocycles. The summed E-state index contributed by atoms with van der Waals surface area (Å²) in [5.41, 5.74) is 1.09. The average Bonchev–Trinajstić information content (AvgIpc) is 2.72. The first-order valence-electron chi connectivity index (χ1n) is 5.95. The Morgan fingerprint density at radius 3 is 2.88 bits per heavy atom. The SMILES string of the molecule is CC(C)CC1NC(=O)CC1(C)c1csc(Cl)c1. The largest absolute Gasteiger partial charge is 0.352 e. The van der Waals surface area contributed by atoms with Gasteiger partial charge in [0.2, 0.25) is 5.91 Å². The van der Waals surface area contributed by atoms with Crippen molar-refractivity contribution in [3.8, 4) is 0 Å². The van der Waals surface area contributed by atoms with Gasteiger partial charge in [-0.15, -0.1) is 11.3 Å². The van der Waals surface area contributed by atoms with Crippen LogP contribution in [0.3, 0.4) is 0 Å². The van der Waals surface area contributed by atoms with Crippen molar-refractivity contribution in [3.05, 3.63) is 21.3 Å². The smallest absolute Gasteiger partial charge is 0.221 e. The molecule has 0 radical (unpaired) electrons. The third-order valence-corrected chi connectivity index (χ3v) is 4.66. The maximum Gasteiger partial charge on any atom is 0.221 e. The highest BCUT2D eigenvalue weighted by molar-refractivity contribution is 7.14. The molecule has 0 bridgehead atoms. The van der Waals surface area contributed by atoms with Crippen molar-refractivity contribution in [1.82, 2.24) is 5.32 Å². The molecule has 0 saturated carbocycles. The molecule has 2 atom stereocenters. The van der Waals surface area contributed by atoms with Crippen molar-refractivity contribution in [2.45, 2.75) is 45.1 Å². The Labute approximate surface area is 111 Å². The number of hydrogen-bond donors (Lipinski definition) is 1.